The largest absolute Gasteiger partial charge is 0.454 e. The monoisotopic (exact) mass is 485 g/mol. The Kier molecular flexibility index (Phi) is 4.55. The van der Waals surface area contributed by atoms with Crippen molar-refractivity contribution in [3.63, 3.8) is 0 Å². The molecular formula is C36H23NO. The zero-order valence-corrected chi connectivity index (χ0v) is 20.6. The molecule has 0 radical (unpaired) electrons. The molecule has 7 aromatic carbocycles. The van der Waals surface area contributed by atoms with Crippen LogP contribution in [0.1, 0.15) is 0 Å². The van der Waals surface area contributed by atoms with E-state index < -0.39 is 0 Å². The van der Waals surface area contributed by atoms with Crippen LogP contribution in [0.4, 0.5) is 11.4 Å². The van der Waals surface area contributed by atoms with Crippen LogP contribution in [0.5, 0.6) is 0 Å². The molecule has 0 atom stereocenters. The van der Waals surface area contributed by atoms with Gasteiger partial charge in [0.2, 0.25) is 0 Å². The van der Waals surface area contributed by atoms with E-state index in [1.807, 2.05) is 12.1 Å². The van der Waals surface area contributed by atoms with Gasteiger partial charge in [0.25, 0.3) is 0 Å². The molecule has 0 unspecified atom stereocenters. The molecule has 2 nitrogen and oxygen atoms in total. The molecule has 1 aromatic heterocycles. The molecule has 178 valence electrons. The van der Waals surface area contributed by atoms with Crippen molar-refractivity contribution in [2.75, 3.05) is 5.32 Å². The van der Waals surface area contributed by atoms with E-state index in [4.69, 9.17) is 4.42 Å². The van der Waals surface area contributed by atoms with E-state index in [2.05, 4.69) is 127 Å². The molecule has 0 aliphatic carbocycles. The predicted molar refractivity (Wildman–Crippen MR) is 161 cm³/mol. The quantitative estimate of drug-likeness (QED) is 0.269. The number of furan rings is 1. The summed E-state index contributed by atoms with van der Waals surface area (Å²) in [6.45, 7) is 0. The summed E-state index contributed by atoms with van der Waals surface area (Å²) in [4.78, 5) is 0. The Morgan fingerprint density at radius 2 is 1.03 bits per heavy atom. The normalized spacial score (nSPS) is 11.7. The van der Waals surface area contributed by atoms with E-state index in [1.54, 1.807) is 0 Å². The highest BCUT2D eigenvalue weighted by molar-refractivity contribution is 6.22. The topological polar surface area (TPSA) is 25.2 Å². The maximum Gasteiger partial charge on any atom is 0.159 e. The minimum absolute atomic E-state index is 0.882. The van der Waals surface area contributed by atoms with E-state index in [0.29, 0.717) is 0 Å². The standard InChI is InChI=1S/C36H23NO/c1-3-13-25-23(10-1)12-7-16-27(25)28-17-8-19-30-29(28)18-9-20-32(30)37-33-22-24-11-2-4-14-26(24)35-31-15-5-6-21-34(31)38-36(33)35/h1-22,37H. The van der Waals surface area contributed by atoms with Crippen LogP contribution in [-0.2, 0) is 0 Å². The number of benzene rings is 7. The van der Waals surface area contributed by atoms with Gasteiger partial charge in [0, 0.05) is 21.8 Å². The SMILES string of the molecule is c1ccc2c(-c3cccc4c(Nc5cc6ccccc6c6c5oc5ccccc56)cccc34)cccc2c1. The number of fused-ring (bicyclic) bond motifs is 7. The van der Waals surface area contributed by atoms with Crippen molar-refractivity contribution in [2.24, 2.45) is 0 Å². The number of rotatable bonds is 3. The first-order chi connectivity index (χ1) is 18.8. The Morgan fingerprint density at radius 3 is 1.92 bits per heavy atom. The van der Waals surface area contributed by atoms with Crippen molar-refractivity contribution >= 4 is 65.6 Å². The summed E-state index contributed by atoms with van der Waals surface area (Å²) in [6.07, 6.45) is 0. The Morgan fingerprint density at radius 1 is 0.421 bits per heavy atom. The summed E-state index contributed by atoms with van der Waals surface area (Å²) >= 11 is 0. The van der Waals surface area contributed by atoms with Gasteiger partial charge < -0.3 is 9.73 Å². The molecule has 0 amide bonds. The number of anilines is 2. The highest BCUT2D eigenvalue weighted by Gasteiger charge is 2.16. The van der Waals surface area contributed by atoms with E-state index in [0.717, 1.165) is 33.3 Å². The van der Waals surface area contributed by atoms with E-state index in [9.17, 15) is 0 Å². The highest BCUT2D eigenvalue weighted by atomic mass is 16.3. The first kappa shape index (κ1) is 21.0. The molecule has 1 heterocycles. The smallest absolute Gasteiger partial charge is 0.159 e. The summed E-state index contributed by atoms with van der Waals surface area (Å²) in [5.41, 5.74) is 6.29. The molecule has 1 N–H and O–H groups in total. The lowest BCUT2D eigenvalue weighted by Crippen LogP contribution is -1.93. The molecule has 0 fully saturated rings. The molecule has 0 saturated carbocycles. The van der Waals surface area contributed by atoms with E-state index >= 15 is 0 Å². The van der Waals surface area contributed by atoms with Gasteiger partial charge >= 0.3 is 0 Å². The molecular weight excluding hydrogens is 462 g/mol. The van der Waals surface area contributed by atoms with Crippen LogP contribution >= 0.6 is 0 Å². The number of hydrogen-bond donors (Lipinski definition) is 1. The lowest BCUT2D eigenvalue weighted by molar-refractivity contribution is 0.670. The number of hydrogen-bond acceptors (Lipinski definition) is 2. The molecule has 0 saturated heterocycles. The maximum atomic E-state index is 6.45. The fourth-order valence-corrected chi connectivity index (χ4v) is 5.93. The van der Waals surface area contributed by atoms with Crippen LogP contribution in [0.2, 0.25) is 0 Å². The summed E-state index contributed by atoms with van der Waals surface area (Å²) < 4.78 is 6.45. The third-order valence-corrected chi connectivity index (χ3v) is 7.64. The van der Waals surface area contributed by atoms with Crippen LogP contribution in [0.25, 0.3) is 65.4 Å². The Bertz CT molecular complexity index is 2160. The third kappa shape index (κ3) is 3.14. The second-order valence-electron chi connectivity index (χ2n) is 9.81. The molecule has 8 aromatic rings. The number of para-hydroxylation sites is 1. The van der Waals surface area contributed by atoms with Crippen LogP contribution in [0.3, 0.4) is 0 Å². The lowest BCUT2D eigenvalue weighted by Gasteiger charge is -2.15. The van der Waals surface area contributed by atoms with Crippen LogP contribution in [0, 0.1) is 0 Å². The first-order valence-electron chi connectivity index (χ1n) is 12.9. The van der Waals surface area contributed by atoms with Crippen molar-refractivity contribution in [1.82, 2.24) is 0 Å². The van der Waals surface area contributed by atoms with Crippen LogP contribution in [-0.4, -0.2) is 0 Å². The average Bonchev–Trinajstić information content (AvgIpc) is 3.37. The van der Waals surface area contributed by atoms with Gasteiger partial charge in [0.05, 0.1) is 5.69 Å². The zero-order chi connectivity index (χ0) is 25.1. The minimum atomic E-state index is 0.882. The van der Waals surface area contributed by atoms with Gasteiger partial charge in [-0.15, -0.1) is 0 Å². The van der Waals surface area contributed by atoms with Crippen molar-refractivity contribution < 1.29 is 4.42 Å². The first-order valence-corrected chi connectivity index (χ1v) is 12.9. The van der Waals surface area contributed by atoms with Gasteiger partial charge in [-0.3, -0.25) is 0 Å². The third-order valence-electron chi connectivity index (χ3n) is 7.64. The van der Waals surface area contributed by atoms with Crippen molar-refractivity contribution in [1.29, 1.82) is 0 Å². The molecule has 0 aliphatic rings. The second kappa shape index (κ2) is 8.22. The zero-order valence-electron chi connectivity index (χ0n) is 20.6. The van der Waals surface area contributed by atoms with Gasteiger partial charge in [0.1, 0.15) is 5.58 Å². The fourth-order valence-electron chi connectivity index (χ4n) is 5.93. The van der Waals surface area contributed by atoms with Crippen LogP contribution in [0.15, 0.2) is 138 Å². The van der Waals surface area contributed by atoms with Gasteiger partial charge in [-0.05, 0) is 56.3 Å². The summed E-state index contributed by atoms with van der Waals surface area (Å²) in [5, 5.41) is 13.3. The highest BCUT2D eigenvalue weighted by Crippen LogP contribution is 2.42. The minimum Gasteiger partial charge on any atom is -0.454 e. The van der Waals surface area contributed by atoms with Crippen molar-refractivity contribution in [2.45, 2.75) is 0 Å². The average molecular weight is 486 g/mol. The van der Waals surface area contributed by atoms with Gasteiger partial charge in [-0.25, -0.2) is 0 Å². The van der Waals surface area contributed by atoms with Gasteiger partial charge in [-0.1, -0.05) is 115 Å². The molecule has 0 spiro atoms. The molecule has 2 heteroatoms. The Labute approximate surface area is 219 Å². The van der Waals surface area contributed by atoms with Crippen molar-refractivity contribution in [3.8, 4) is 11.1 Å². The molecule has 8 rings (SSSR count). The fraction of sp³-hybridized carbons (Fsp3) is 0. The van der Waals surface area contributed by atoms with Gasteiger partial charge in [0.15, 0.2) is 5.58 Å². The van der Waals surface area contributed by atoms with E-state index in [-0.39, 0.29) is 0 Å². The molecule has 0 bridgehead atoms. The summed E-state index contributed by atoms with van der Waals surface area (Å²) in [6, 6.07) is 47.2. The summed E-state index contributed by atoms with van der Waals surface area (Å²) in [5.74, 6) is 0. The van der Waals surface area contributed by atoms with E-state index in [1.165, 1.54) is 43.4 Å². The van der Waals surface area contributed by atoms with Crippen LogP contribution < -0.4 is 5.32 Å². The number of nitrogens with one attached hydrogen (secondary N) is 1. The summed E-state index contributed by atoms with van der Waals surface area (Å²) in [7, 11) is 0. The second-order valence-corrected chi connectivity index (χ2v) is 9.81. The Balaban J connectivity index is 1.35. The maximum absolute atomic E-state index is 6.45. The van der Waals surface area contributed by atoms with Gasteiger partial charge in [-0.2, -0.15) is 0 Å². The van der Waals surface area contributed by atoms with Crippen molar-refractivity contribution in [3.05, 3.63) is 133 Å². The Hall–Kier alpha value is -5.08. The lowest BCUT2D eigenvalue weighted by atomic mass is 9.93. The molecule has 0 aliphatic heterocycles. The molecule has 38 heavy (non-hydrogen) atoms. The predicted octanol–water partition coefficient (Wildman–Crippen LogP) is 10.5.